The molecule has 1 aromatic heterocycles. The third kappa shape index (κ3) is 2.57. The number of para-hydroxylation sites is 1. The van der Waals surface area contributed by atoms with Gasteiger partial charge >= 0.3 is 0 Å². The van der Waals surface area contributed by atoms with Gasteiger partial charge in [0.1, 0.15) is 0 Å². The minimum Gasteiger partial charge on any atom is -0.344 e. The first kappa shape index (κ1) is 14.5. The SMILES string of the molecule is CC1Cc2c(c3ccccc3n2CCc2ccccc2)C(C)N1. The molecule has 0 saturated carbocycles. The summed E-state index contributed by atoms with van der Waals surface area (Å²) >= 11 is 0. The lowest BCUT2D eigenvalue weighted by molar-refractivity contribution is 0.433. The van der Waals surface area contributed by atoms with Crippen molar-refractivity contribution in [3.63, 3.8) is 0 Å². The first-order chi connectivity index (χ1) is 11.2. The van der Waals surface area contributed by atoms with Crippen LogP contribution in [0.15, 0.2) is 54.6 Å². The van der Waals surface area contributed by atoms with Crippen molar-refractivity contribution in [3.05, 3.63) is 71.4 Å². The molecular formula is C21H24N2. The number of nitrogens with zero attached hydrogens (tertiary/aromatic N) is 1. The molecule has 3 aromatic rings. The Morgan fingerprint density at radius 2 is 1.74 bits per heavy atom. The van der Waals surface area contributed by atoms with E-state index in [9.17, 15) is 0 Å². The minimum absolute atomic E-state index is 0.427. The highest BCUT2D eigenvalue weighted by atomic mass is 15.0. The van der Waals surface area contributed by atoms with E-state index in [2.05, 4.69) is 78.3 Å². The van der Waals surface area contributed by atoms with Gasteiger partial charge in [0.25, 0.3) is 0 Å². The van der Waals surface area contributed by atoms with Gasteiger partial charge in [-0.2, -0.15) is 0 Å². The molecule has 4 rings (SSSR count). The lowest BCUT2D eigenvalue weighted by atomic mass is 9.95. The third-order valence-electron chi connectivity index (χ3n) is 5.06. The second-order valence-electron chi connectivity index (χ2n) is 6.76. The van der Waals surface area contributed by atoms with Gasteiger partial charge in [0.2, 0.25) is 0 Å². The fourth-order valence-electron chi connectivity index (χ4n) is 4.09. The molecule has 1 N–H and O–H groups in total. The zero-order chi connectivity index (χ0) is 15.8. The van der Waals surface area contributed by atoms with Crippen LogP contribution < -0.4 is 5.32 Å². The Hall–Kier alpha value is -2.06. The fraction of sp³-hybridized carbons (Fsp3) is 0.333. The Morgan fingerprint density at radius 3 is 2.57 bits per heavy atom. The molecule has 0 fully saturated rings. The van der Waals surface area contributed by atoms with Crippen molar-refractivity contribution in [1.82, 2.24) is 9.88 Å². The highest BCUT2D eigenvalue weighted by Crippen LogP contribution is 2.35. The van der Waals surface area contributed by atoms with Crippen molar-refractivity contribution < 1.29 is 0 Å². The topological polar surface area (TPSA) is 17.0 Å². The molecule has 2 atom stereocenters. The van der Waals surface area contributed by atoms with Gasteiger partial charge in [-0.15, -0.1) is 0 Å². The van der Waals surface area contributed by atoms with E-state index in [1.807, 2.05) is 0 Å². The van der Waals surface area contributed by atoms with E-state index in [4.69, 9.17) is 0 Å². The summed E-state index contributed by atoms with van der Waals surface area (Å²) < 4.78 is 2.56. The van der Waals surface area contributed by atoms with Crippen LogP contribution in [-0.2, 0) is 19.4 Å². The van der Waals surface area contributed by atoms with Crippen molar-refractivity contribution in [3.8, 4) is 0 Å². The average molecular weight is 304 g/mol. The van der Waals surface area contributed by atoms with E-state index in [0.717, 1.165) is 19.4 Å². The summed E-state index contributed by atoms with van der Waals surface area (Å²) in [5.41, 5.74) is 5.83. The van der Waals surface area contributed by atoms with Crippen LogP contribution in [-0.4, -0.2) is 10.6 Å². The number of hydrogen-bond acceptors (Lipinski definition) is 1. The Balaban J connectivity index is 1.78. The molecule has 0 saturated heterocycles. The second-order valence-corrected chi connectivity index (χ2v) is 6.76. The second kappa shape index (κ2) is 5.86. The summed E-state index contributed by atoms with van der Waals surface area (Å²) in [4.78, 5) is 0. The maximum absolute atomic E-state index is 3.70. The monoisotopic (exact) mass is 304 g/mol. The van der Waals surface area contributed by atoms with Crippen LogP contribution in [0.4, 0.5) is 0 Å². The quantitative estimate of drug-likeness (QED) is 0.755. The fourth-order valence-corrected chi connectivity index (χ4v) is 4.09. The normalized spacial score (nSPS) is 20.6. The largest absolute Gasteiger partial charge is 0.344 e. The number of benzene rings is 2. The summed E-state index contributed by atoms with van der Waals surface area (Å²) in [7, 11) is 0. The van der Waals surface area contributed by atoms with Crippen LogP contribution in [0.3, 0.4) is 0 Å². The van der Waals surface area contributed by atoms with Gasteiger partial charge in [0.15, 0.2) is 0 Å². The average Bonchev–Trinajstić information content (AvgIpc) is 2.87. The molecule has 0 radical (unpaired) electrons. The Kier molecular flexibility index (Phi) is 3.70. The Bertz CT molecular complexity index is 816. The van der Waals surface area contributed by atoms with Crippen molar-refractivity contribution in [2.24, 2.45) is 0 Å². The molecular weight excluding hydrogens is 280 g/mol. The van der Waals surface area contributed by atoms with Gasteiger partial charge in [-0.05, 0) is 37.5 Å². The van der Waals surface area contributed by atoms with Crippen LogP contribution in [0.1, 0.15) is 36.7 Å². The summed E-state index contributed by atoms with van der Waals surface area (Å²) in [5, 5.41) is 5.12. The predicted molar refractivity (Wildman–Crippen MR) is 96.8 cm³/mol. The molecule has 2 unspecified atom stereocenters. The van der Waals surface area contributed by atoms with Crippen molar-refractivity contribution in [2.45, 2.75) is 45.3 Å². The van der Waals surface area contributed by atoms with Gasteiger partial charge < -0.3 is 9.88 Å². The molecule has 2 nitrogen and oxygen atoms in total. The zero-order valence-electron chi connectivity index (χ0n) is 13.9. The zero-order valence-corrected chi connectivity index (χ0v) is 13.9. The van der Waals surface area contributed by atoms with Crippen LogP contribution >= 0.6 is 0 Å². The summed E-state index contributed by atoms with van der Waals surface area (Å²) in [5.74, 6) is 0. The van der Waals surface area contributed by atoms with E-state index >= 15 is 0 Å². The van der Waals surface area contributed by atoms with Crippen LogP contribution in [0, 0.1) is 0 Å². The molecule has 0 spiro atoms. The van der Waals surface area contributed by atoms with E-state index < -0.39 is 0 Å². The van der Waals surface area contributed by atoms with Gasteiger partial charge in [-0.1, -0.05) is 48.5 Å². The van der Waals surface area contributed by atoms with Crippen LogP contribution in [0.5, 0.6) is 0 Å². The molecule has 118 valence electrons. The number of aromatic nitrogens is 1. The first-order valence-corrected chi connectivity index (χ1v) is 8.64. The van der Waals surface area contributed by atoms with E-state index in [0.29, 0.717) is 12.1 Å². The van der Waals surface area contributed by atoms with Gasteiger partial charge in [0.05, 0.1) is 0 Å². The van der Waals surface area contributed by atoms with Crippen molar-refractivity contribution in [2.75, 3.05) is 0 Å². The van der Waals surface area contributed by atoms with Crippen molar-refractivity contribution >= 4 is 10.9 Å². The van der Waals surface area contributed by atoms with Crippen LogP contribution in [0.2, 0.25) is 0 Å². The lowest BCUT2D eigenvalue weighted by Gasteiger charge is -2.28. The summed E-state index contributed by atoms with van der Waals surface area (Å²) in [6.07, 6.45) is 2.20. The molecule has 0 aliphatic carbocycles. The predicted octanol–water partition coefficient (Wildman–Crippen LogP) is 4.48. The summed E-state index contributed by atoms with van der Waals surface area (Å²) in [6, 6.07) is 20.6. The highest BCUT2D eigenvalue weighted by Gasteiger charge is 2.27. The standard InChI is InChI=1S/C21H24N2/c1-15-14-20-21(16(2)22-15)18-10-6-7-11-19(18)23(20)13-12-17-8-4-3-5-9-17/h3-11,15-16,22H,12-14H2,1-2H3. The highest BCUT2D eigenvalue weighted by molar-refractivity contribution is 5.86. The molecule has 23 heavy (non-hydrogen) atoms. The number of rotatable bonds is 3. The van der Waals surface area contributed by atoms with Crippen molar-refractivity contribution in [1.29, 1.82) is 0 Å². The van der Waals surface area contributed by atoms with Gasteiger partial charge in [0, 0.05) is 41.6 Å². The van der Waals surface area contributed by atoms with E-state index in [1.54, 1.807) is 0 Å². The smallest absolute Gasteiger partial charge is 0.0486 e. The summed E-state index contributed by atoms with van der Waals surface area (Å²) in [6.45, 7) is 5.64. The minimum atomic E-state index is 0.427. The third-order valence-corrected chi connectivity index (χ3v) is 5.06. The number of nitrogens with one attached hydrogen (secondary N) is 1. The molecule has 0 bridgehead atoms. The number of hydrogen-bond donors (Lipinski definition) is 1. The van der Waals surface area contributed by atoms with Gasteiger partial charge in [-0.25, -0.2) is 0 Å². The molecule has 1 aliphatic rings. The van der Waals surface area contributed by atoms with Crippen LogP contribution in [0.25, 0.3) is 10.9 Å². The maximum atomic E-state index is 3.70. The van der Waals surface area contributed by atoms with Gasteiger partial charge in [-0.3, -0.25) is 0 Å². The lowest BCUT2D eigenvalue weighted by Crippen LogP contribution is -2.36. The molecule has 2 heteroatoms. The maximum Gasteiger partial charge on any atom is 0.0486 e. The first-order valence-electron chi connectivity index (χ1n) is 8.64. The number of fused-ring (bicyclic) bond motifs is 3. The number of aryl methyl sites for hydroxylation is 2. The molecule has 2 aromatic carbocycles. The Labute approximate surface area is 138 Å². The van der Waals surface area contributed by atoms with E-state index in [-0.39, 0.29) is 0 Å². The van der Waals surface area contributed by atoms with E-state index in [1.165, 1.54) is 27.7 Å². The Morgan fingerprint density at radius 1 is 1.00 bits per heavy atom. The molecule has 1 aliphatic heterocycles. The molecule has 0 amide bonds. The molecule has 2 heterocycles.